The van der Waals surface area contributed by atoms with Gasteiger partial charge in [0.1, 0.15) is 18.0 Å². The predicted octanol–water partition coefficient (Wildman–Crippen LogP) is 3.59. The molecule has 1 N–H and O–H groups in total. The van der Waals surface area contributed by atoms with Gasteiger partial charge in [-0.1, -0.05) is 37.3 Å². The lowest BCUT2D eigenvalue weighted by Crippen LogP contribution is -2.47. The maximum absolute atomic E-state index is 12.9. The fraction of sp³-hybridized carbons (Fsp3) is 0.579. The SMILES string of the molecule is CCOP(=O)(C[C@H]1OC(=O)[C@@H](SCC)[C@@H]1NC(=O)OCc1ccccc1)OCC. The summed E-state index contributed by atoms with van der Waals surface area (Å²) in [7, 11) is -3.46. The first kappa shape index (κ1) is 23.7. The van der Waals surface area contributed by atoms with Gasteiger partial charge in [-0.3, -0.25) is 9.36 Å². The number of carbonyl (C=O) groups is 2. The Hall–Kier alpha value is -1.54. The Morgan fingerprint density at radius 1 is 1.17 bits per heavy atom. The third-order valence-corrected chi connectivity index (χ3v) is 7.41. The first-order valence-electron chi connectivity index (χ1n) is 9.59. The molecule has 1 aromatic rings. The van der Waals surface area contributed by atoms with Crippen LogP contribution in [0.4, 0.5) is 4.79 Å². The molecule has 2 rings (SSSR count). The van der Waals surface area contributed by atoms with E-state index in [0.717, 1.165) is 5.56 Å². The van der Waals surface area contributed by atoms with Crippen LogP contribution in [0.5, 0.6) is 0 Å². The molecule has 1 amide bonds. The number of cyclic esters (lactones) is 1. The zero-order chi connectivity index (χ0) is 21.3. The second kappa shape index (κ2) is 11.6. The monoisotopic (exact) mass is 445 g/mol. The molecule has 8 nitrogen and oxygen atoms in total. The number of ether oxygens (including phenoxy) is 2. The molecular formula is C19H28NO7PS. The number of esters is 1. The highest BCUT2D eigenvalue weighted by molar-refractivity contribution is 8.00. The number of amides is 1. The minimum absolute atomic E-state index is 0.0981. The number of rotatable bonds is 11. The van der Waals surface area contributed by atoms with Crippen molar-refractivity contribution in [1.82, 2.24) is 5.32 Å². The van der Waals surface area contributed by atoms with Gasteiger partial charge in [-0.25, -0.2) is 4.79 Å². The Bertz CT molecular complexity index is 708. The minimum Gasteiger partial charge on any atom is -0.459 e. The number of hydrogen-bond donors (Lipinski definition) is 1. The number of hydrogen-bond acceptors (Lipinski definition) is 8. The number of carbonyl (C=O) groups excluding carboxylic acids is 2. The van der Waals surface area contributed by atoms with Crippen molar-refractivity contribution in [3.8, 4) is 0 Å². The Balaban J connectivity index is 2.08. The molecule has 0 spiro atoms. The Morgan fingerprint density at radius 2 is 1.83 bits per heavy atom. The van der Waals surface area contributed by atoms with Gasteiger partial charge < -0.3 is 23.8 Å². The minimum atomic E-state index is -3.46. The van der Waals surface area contributed by atoms with Crippen LogP contribution in [0.25, 0.3) is 0 Å². The highest BCUT2D eigenvalue weighted by atomic mass is 32.2. The van der Waals surface area contributed by atoms with Crippen molar-refractivity contribution in [3.05, 3.63) is 35.9 Å². The van der Waals surface area contributed by atoms with Crippen LogP contribution in [0.3, 0.4) is 0 Å². The van der Waals surface area contributed by atoms with Crippen LogP contribution in [-0.2, 0) is 34.5 Å². The van der Waals surface area contributed by atoms with E-state index in [9.17, 15) is 14.2 Å². The van der Waals surface area contributed by atoms with Crippen molar-refractivity contribution in [3.63, 3.8) is 0 Å². The largest absolute Gasteiger partial charge is 0.459 e. The molecule has 1 fully saturated rings. The summed E-state index contributed by atoms with van der Waals surface area (Å²) in [6.45, 7) is 5.81. The fourth-order valence-corrected chi connectivity index (χ4v) is 5.78. The zero-order valence-electron chi connectivity index (χ0n) is 16.9. The van der Waals surface area contributed by atoms with Gasteiger partial charge >= 0.3 is 19.7 Å². The zero-order valence-corrected chi connectivity index (χ0v) is 18.6. The number of nitrogens with one attached hydrogen (secondary N) is 1. The normalized spacial score (nSPS) is 21.6. The maximum Gasteiger partial charge on any atom is 0.407 e. The summed E-state index contributed by atoms with van der Waals surface area (Å²) in [6.07, 6.45) is -1.64. The summed E-state index contributed by atoms with van der Waals surface area (Å²) in [5.41, 5.74) is 0.842. The highest BCUT2D eigenvalue weighted by Gasteiger charge is 2.49. The first-order valence-corrected chi connectivity index (χ1v) is 12.4. The van der Waals surface area contributed by atoms with E-state index < -0.39 is 37.1 Å². The van der Waals surface area contributed by atoms with E-state index in [-0.39, 0.29) is 26.0 Å². The fourth-order valence-electron chi connectivity index (χ4n) is 2.96. The summed E-state index contributed by atoms with van der Waals surface area (Å²) in [5, 5.41) is 2.09. The highest BCUT2D eigenvalue weighted by Crippen LogP contribution is 2.50. The third kappa shape index (κ3) is 7.03. The first-order chi connectivity index (χ1) is 13.9. The molecule has 0 aliphatic carbocycles. The lowest BCUT2D eigenvalue weighted by molar-refractivity contribution is -0.140. The molecular weight excluding hydrogens is 417 g/mol. The Labute approximate surface area is 175 Å². The molecule has 1 aliphatic heterocycles. The van der Waals surface area contributed by atoms with E-state index >= 15 is 0 Å². The Morgan fingerprint density at radius 3 is 2.41 bits per heavy atom. The number of alkyl carbamates (subject to hydrolysis) is 1. The van der Waals surface area contributed by atoms with Crippen LogP contribution in [0.15, 0.2) is 30.3 Å². The predicted molar refractivity (Wildman–Crippen MR) is 111 cm³/mol. The second-order valence-corrected chi connectivity index (χ2v) is 9.73. The average Bonchev–Trinajstić information content (AvgIpc) is 2.96. The molecule has 1 saturated heterocycles. The summed E-state index contributed by atoms with van der Waals surface area (Å²) < 4.78 is 34.2. The van der Waals surface area contributed by atoms with E-state index in [1.807, 2.05) is 37.3 Å². The molecule has 0 aromatic heterocycles. The molecule has 29 heavy (non-hydrogen) atoms. The van der Waals surface area contributed by atoms with Crippen molar-refractivity contribution < 1.29 is 32.7 Å². The van der Waals surface area contributed by atoms with Gasteiger partial charge in [-0.2, -0.15) is 0 Å². The topological polar surface area (TPSA) is 100 Å². The van der Waals surface area contributed by atoms with Gasteiger partial charge in [0.05, 0.1) is 25.4 Å². The molecule has 0 saturated carbocycles. The molecule has 10 heteroatoms. The molecule has 1 aromatic carbocycles. The third-order valence-electron chi connectivity index (χ3n) is 4.13. The van der Waals surface area contributed by atoms with Gasteiger partial charge in [-0.05, 0) is 25.2 Å². The molecule has 162 valence electrons. The lowest BCUT2D eigenvalue weighted by Gasteiger charge is -2.25. The quantitative estimate of drug-likeness (QED) is 0.407. The van der Waals surface area contributed by atoms with E-state index in [1.165, 1.54) is 11.8 Å². The number of benzene rings is 1. The van der Waals surface area contributed by atoms with Crippen molar-refractivity contribution >= 4 is 31.4 Å². The van der Waals surface area contributed by atoms with Crippen LogP contribution in [0, 0.1) is 0 Å². The van der Waals surface area contributed by atoms with Gasteiger partial charge in [-0.15, -0.1) is 11.8 Å². The molecule has 0 bridgehead atoms. The van der Waals surface area contributed by atoms with E-state index in [1.54, 1.807) is 13.8 Å². The van der Waals surface area contributed by atoms with Crippen LogP contribution in [0.2, 0.25) is 0 Å². The second-order valence-electron chi connectivity index (χ2n) is 6.21. The molecule has 0 radical (unpaired) electrons. The van der Waals surface area contributed by atoms with Gasteiger partial charge in [0, 0.05) is 0 Å². The van der Waals surface area contributed by atoms with Crippen LogP contribution >= 0.6 is 19.4 Å². The van der Waals surface area contributed by atoms with Crippen LogP contribution in [-0.4, -0.2) is 54.6 Å². The standard InChI is InChI=1S/C19H28NO7PS/c1-4-25-28(23,26-5-2)13-15-16(17(29-6-3)18(21)27-15)20-19(22)24-12-14-10-8-7-9-11-14/h7-11,15-17H,4-6,12-13H2,1-3H3,(H,20,22)/t15-,16-,17+/m1/s1. The van der Waals surface area contributed by atoms with E-state index in [0.29, 0.717) is 5.75 Å². The molecule has 1 heterocycles. The smallest absolute Gasteiger partial charge is 0.407 e. The van der Waals surface area contributed by atoms with E-state index in [4.69, 9.17) is 18.5 Å². The molecule has 3 atom stereocenters. The van der Waals surface area contributed by atoms with Crippen LogP contribution < -0.4 is 5.32 Å². The molecule has 1 aliphatic rings. The van der Waals surface area contributed by atoms with Crippen LogP contribution in [0.1, 0.15) is 26.3 Å². The summed E-state index contributed by atoms with van der Waals surface area (Å²) in [6, 6.07) is 8.55. The van der Waals surface area contributed by atoms with Gasteiger partial charge in [0.2, 0.25) is 0 Å². The van der Waals surface area contributed by atoms with Gasteiger partial charge in [0.15, 0.2) is 0 Å². The number of thioether (sulfide) groups is 1. The van der Waals surface area contributed by atoms with Crippen molar-refractivity contribution in [2.45, 2.75) is 44.8 Å². The van der Waals surface area contributed by atoms with Crippen molar-refractivity contribution in [2.75, 3.05) is 25.1 Å². The van der Waals surface area contributed by atoms with Crippen molar-refractivity contribution in [2.24, 2.45) is 0 Å². The van der Waals surface area contributed by atoms with Gasteiger partial charge in [0.25, 0.3) is 0 Å². The maximum atomic E-state index is 12.9. The Kier molecular flexibility index (Phi) is 9.49. The lowest BCUT2D eigenvalue weighted by atomic mass is 10.1. The average molecular weight is 445 g/mol. The summed E-state index contributed by atoms with van der Waals surface area (Å²) >= 11 is 1.35. The molecule has 0 unspecified atom stereocenters. The summed E-state index contributed by atoms with van der Waals surface area (Å²) in [5.74, 6) is 0.188. The van der Waals surface area contributed by atoms with Crippen molar-refractivity contribution in [1.29, 1.82) is 0 Å². The van der Waals surface area contributed by atoms with E-state index in [2.05, 4.69) is 5.32 Å². The summed E-state index contributed by atoms with van der Waals surface area (Å²) in [4.78, 5) is 24.7.